The van der Waals surface area contributed by atoms with E-state index in [9.17, 15) is 4.79 Å². The molecule has 0 bridgehead atoms. The van der Waals surface area contributed by atoms with Gasteiger partial charge in [0.2, 0.25) is 0 Å². The fourth-order valence-corrected chi connectivity index (χ4v) is 2.06. The summed E-state index contributed by atoms with van der Waals surface area (Å²) in [4.78, 5) is 14.0. The molecule has 0 amide bonds. The van der Waals surface area contributed by atoms with Crippen LogP contribution in [0.3, 0.4) is 0 Å². The van der Waals surface area contributed by atoms with Crippen molar-refractivity contribution in [2.75, 3.05) is 24.5 Å². The predicted molar refractivity (Wildman–Crippen MR) is 61.3 cm³/mol. The van der Waals surface area contributed by atoms with E-state index in [1.807, 2.05) is 24.3 Å². The molecule has 0 atom stereocenters. The number of fused-ring (bicyclic) bond motifs is 1. The average molecular weight is 204 g/mol. The molecule has 0 saturated heterocycles. The third-order valence-corrected chi connectivity index (χ3v) is 2.78. The molecule has 15 heavy (non-hydrogen) atoms. The molecule has 3 nitrogen and oxygen atoms in total. The smallest absolute Gasteiger partial charge is 0.165 e. The first-order valence-corrected chi connectivity index (χ1v) is 5.40. The van der Waals surface area contributed by atoms with Crippen LogP contribution in [0.15, 0.2) is 24.3 Å². The van der Waals surface area contributed by atoms with E-state index in [0.717, 1.165) is 30.8 Å². The highest BCUT2D eigenvalue weighted by Gasteiger charge is 2.19. The van der Waals surface area contributed by atoms with Gasteiger partial charge in [-0.15, -0.1) is 0 Å². The Balaban J connectivity index is 2.38. The van der Waals surface area contributed by atoms with Crippen molar-refractivity contribution in [1.29, 1.82) is 0 Å². The number of rotatable bonds is 2. The van der Waals surface area contributed by atoms with Gasteiger partial charge in [-0.25, -0.2) is 0 Å². The first-order valence-electron chi connectivity index (χ1n) is 5.40. The average Bonchev–Trinajstić information content (AvgIpc) is 2.41. The minimum absolute atomic E-state index is 0.255. The molecule has 0 aromatic heterocycles. The van der Waals surface area contributed by atoms with Gasteiger partial charge in [-0.05, 0) is 18.6 Å². The summed E-state index contributed by atoms with van der Waals surface area (Å²) >= 11 is 0. The van der Waals surface area contributed by atoms with Crippen LogP contribution in [0, 0.1) is 0 Å². The standard InChI is InChI=1S/C12H16N2O/c13-7-9-14-8-3-6-12(15)10-4-1-2-5-11(10)14/h1-2,4-5H,3,6-9,13H2. The number of benzene rings is 1. The van der Waals surface area contributed by atoms with Crippen LogP contribution in [0.5, 0.6) is 0 Å². The monoisotopic (exact) mass is 204 g/mol. The lowest BCUT2D eigenvalue weighted by atomic mass is 10.1. The van der Waals surface area contributed by atoms with Crippen molar-refractivity contribution >= 4 is 11.5 Å². The van der Waals surface area contributed by atoms with E-state index in [-0.39, 0.29) is 5.78 Å². The number of ketones is 1. The number of carbonyl (C=O) groups is 1. The Labute approximate surface area is 89.9 Å². The molecule has 3 heteroatoms. The maximum absolute atomic E-state index is 11.8. The topological polar surface area (TPSA) is 46.3 Å². The number of hydrogen-bond donors (Lipinski definition) is 1. The van der Waals surface area contributed by atoms with Crippen molar-refractivity contribution in [2.45, 2.75) is 12.8 Å². The van der Waals surface area contributed by atoms with Gasteiger partial charge in [-0.2, -0.15) is 0 Å². The van der Waals surface area contributed by atoms with Crippen molar-refractivity contribution in [3.8, 4) is 0 Å². The Morgan fingerprint density at radius 3 is 2.93 bits per heavy atom. The molecule has 1 aliphatic rings. The van der Waals surface area contributed by atoms with Crippen LogP contribution in [0.1, 0.15) is 23.2 Å². The van der Waals surface area contributed by atoms with Crippen LogP contribution < -0.4 is 10.6 Å². The number of anilines is 1. The van der Waals surface area contributed by atoms with Gasteiger partial charge in [0.1, 0.15) is 0 Å². The predicted octanol–water partition coefficient (Wildman–Crippen LogP) is 1.43. The first-order chi connectivity index (χ1) is 7.33. The van der Waals surface area contributed by atoms with Crippen LogP contribution in [-0.2, 0) is 0 Å². The minimum atomic E-state index is 0.255. The number of para-hydroxylation sites is 1. The fraction of sp³-hybridized carbons (Fsp3) is 0.417. The van der Waals surface area contributed by atoms with Crippen molar-refractivity contribution in [1.82, 2.24) is 0 Å². The number of nitrogens with two attached hydrogens (primary N) is 1. The molecule has 80 valence electrons. The molecule has 0 fully saturated rings. The molecule has 2 N–H and O–H groups in total. The van der Waals surface area contributed by atoms with Gasteiger partial charge in [0.15, 0.2) is 5.78 Å². The lowest BCUT2D eigenvalue weighted by molar-refractivity contribution is 0.0984. The Morgan fingerprint density at radius 1 is 1.33 bits per heavy atom. The molecule has 1 aliphatic heterocycles. The molecule has 1 heterocycles. The van der Waals surface area contributed by atoms with Gasteiger partial charge in [-0.1, -0.05) is 12.1 Å². The number of Topliss-reactive ketones (excluding diaryl/α,β-unsaturated/α-hetero) is 1. The molecule has 0 unspecified atom stereocenters. The van der Waals surface area contributed by atoms with E-state index >= 15 is 0 Å². The second kappa shape index (κ2) is 4.45. The zero-order valence-electron chi connectivity index (χ0n) is 8.78. The Hall–Kier alpha value is -1.35. The third-order valence-electron chi connectivity index (χ3n) is 2.78. The largest absolute Gasteiger partial charge is 0.370 e. The van der Waals surface area contributed by atoms with Crippen molar-refractivity contribution in [3.63, 3.8) is 0 Å². The van der Waals surface area contributed by atoms with E-state index in [1.165, 1.54) is 0 Å². The summed E-state index contributed by atoms with van der Waals surface area (Å²) in [6, 6.07) is 7.81. The van der Waals surface area contributed by atoms with Gasteiger partial charge in [0.05, 0.1) is 0 Å². The van der Waals surface area contributed by atoms with E-state index < -0.39 is 0 Å². The zero-order valence-corrected chi connectivity index (χ0v) is 8.78. The van der Waals surface area contributed by atoms with Crippen molar-refractivity contribution in [3.05, 3.63) is 29.8 Å². The molecule has 0 saturated carbocycles. The SMILES string of the molecule is NCCN1CCCC(=O)c2ccccc21. The van der Waals surface area contributed by atoms with Crippen LogP contribution in [0.4, 0.5) is 5.69 Å². The van der Waals surface area contributed by atoms with Crippen LogP contribution in [-0.4, -0.2) is 25.4 Å². The molecule has 1 aromatic carbocycles. The highest BCUT2D eigenvalue weighted by molar-refractivity contribution is 6.01. The quantitative estimate of drug-likeness (QED) is 0.792. The Morgan fingerprint density at radius 2 is 2.13 bits per heavy atom. The molecule has 1 aromatic rings. The van der Waals surface area contributed by atoms with Crippen LogP contribution in [0.25, 0.3) is 0 Å². The van der Waals surface area contributed by atoms with Crippen LogP contribution in [0.2, 0.25) is 0 Å². The molecule has 0 aliphatic carbocycles. The van der Waals surface area contributed by atoms with Gasteiger partial charge in [0, 0.05) is 37.3 Å². The summed E-state index contributed by atoms with van der Waals surface area (Å²) in [5, 5.41) is 0. The third kappa shape index (κ3) is 2.02. The second-order valence-corrected chi connectivity index (χ2v) is 3.82. The number of nitrogens with zero attached hydrogens (tertiary/aromatic N) is 1. The van der Waals surface area contributed by atoms with E-state index in [4.69, 9.17) is 5.73 Å². The zero-order chi connectivity index (χ0) is 10.7. The van der Waals surface area contributed by atoms with E-state index in [1.54, 1.807) is 0 Å². The van der Waals surface area contributed by atoms with Crippen molar-refractivity contribution < 1.29 is 4.79 Å². The normalized spacial score (nSPS) is 16.1. The van der Waals surface area contributed by atoms with E-state index in [0.29, 0.717) is 13.0 Å². The van der Waals surface area contributed by atoms with Gasteiger partial charge >= 0.3 is 0 Å². The maximum atomic E-state index is 11.8. The molecule has 2 rings (SSSR count). The molecular weight excluding hydrogens is 188 g/mol. The summed E-state index contributed by atoms with van der Waals surface area (Å²) < 4.78 is 0. The highest BCUT2D eigenvalue weighted by atomic mass is 16.1. The van der Waals surface area contributed by atoms with Crippen LogP contribution >= 0.6 is 0 Å². The second-order valence-electron chi connectivity index (χ2n) is 3.82. The number of hydrogen-bond acceptors (Lipinski definition) is 3. The maximum Gasteiger partial charge on any atom is 0.165 e. The lowest BCUT2D eigenvalue weighted by Gasteiger charge is -2.23. The molecular formula is C12H16N2O. The Kier molecular flexibility index (Phi) is 3.02. The fourth-order valence-electron chi connectivity index (χ4n) is 2.06. The molecule has 0 spiro atoms. The first kappa shape index (κ1) is 10.2. The van der Waals surface area contributed by atoms with Gasteiger partial charge < -0.3 is 10.6 Å². The summed E-state index contributed by atoms with van der Waals surface area (Å²) in [6.07, 6.45) is 1.57. The molecule has 0 radical (unpaired) electrons. The highest BCUT2D eigenvalue weighted by Crippen LogP contribution is 2.25. The van der Waals surface area contributed by atoms with Gasteiger partial charge in [0.25, 0.3) is 0 Å². The van der Waals surface area contributed by atoms with Gasteiger partial charge in [-0.3, -0.25) is 4.79 Å². The summed E-state index contributed by atoms with van der Waals surface area (Å²) in [7, 11) is 0. The summed E-state index contributed by atoms with van der Waals surface area (Å²) in [5.74, 6) is 0.255. The lowest BCUT2D eigenvalue weighted by Crippen LogP contribution is -2.30. The Bertz CT molecular complexity index is 362. The summed E-state index contributed by atoms with van der Waals surface area (Å²) in [6.45, 7) is 2.38. The number of carbonyl (C=O) groups excluding carboxylic acids is 1. The van der Waals surface area contributed by atoms with E-state index in [2.05, 4.69) is 4.90 Å². The van der Waals surface area contributed by atoms with Crippen molar-refractivity contribution in [2.24, 2.45) is 5.73 Å². The summed E-state index contributed by atoms with van der Waals surface area (Å²) in [5.41, 5.74) is 7.47. The minimum Gasteiger partial charge on any atom is -0.370 e.